The second-order valence-corrected chi connectivity index (χ2v) is 7.91. The van der Waals surface area contributed by atoms with Gasteiger partial charge >= 0.3 is 0 Å². The number of nitrogens with one attached hydrogen (secondary N) is 1. The summed E-state index contributed by atoms with van der Waals surface area (Å²) in [6.07, 6.45) is 1.56. The Balaban J connectivity index is 1.81. The van der Waals surface area contributed by atoms with Crippen LogP contribution < -0.4 is 5.32 Å². The van der Waals surface area contributed by atoms with Crippen molar-refractivity contribution >= 4 is 26.9 Å². The molecule has 0 saturated carbocycles. The number of halogens is 1. The first-order chi connectivity index (χ1) is 12.9. The second-order valence-electron chi connectivity index (χ2n) is 5.98. The van der Waals surface area contributed by atoms with Crippen molar-refractivity contribution in [3.05, 3.63) is 60.0 Å². The van der Waals surface area contributed by atoms with Gasteiger partial charge < -0.3 is 5.32 Å². The van der Waals surface area contributed by atoms with Crippen molar-refractivity contribution in [3.8, 4) is 0 Å². The van der Waals surface area contributed by atoms with E-state index in [0.717, 1.165) is 5.56 Å². The molecule has 6 nitrogen and oxygen atoms in total. The maximum atomic E-state index is 12.9. The molecule has 27 heavy (non-hydrogen) atoms. The predicted octanol–water partition coefficient (Wildman–Crippen LogP) is 3.41. The van der Waals surface area contributed by atoms with Crippen LogP contribution in [0.5, 0.6) is 0 Å². The first-order valence-electron chi connectivity index (χ1n) is 8.69. The van der Waals surface area contributed by atoms with E-state index in [1.807, 2.05) is 0 Å². The highest BCUT2D eigenvalue weighted by Gasteiger charge is 2.22. The Labute approximate surface area is 158 Å². The number of nitrogens with zero attached hydrogens (tertiary/aromatic N) is 3. The third-order valence-electron chi connectivity index (χ3n) is 4.24. The quantitative estimate of drug-likeness (QED) is 0.671. The lowest BCUT2D eigenvalue weighted by Gasteiger charge is -2.18. The molecular formula is C19H21FN4O2S. The van der Waals surface area contributed by atoms with E-state index in [4.69, 9.17) is 0 Å². The molecule has 3 aromatic rings. The van der Waals surface area contributed by atoms with Crippen LogP contribution in [0, 0.1) is 5.82 Å². The number of rotatable bonds is 7. The van der Waals surface area contributed by atoms with Crippen LogP contribution in [0.4, 0.5) is 10.2 Å². The first kappa shape index (κ1) is 19.2. The van der Waals surface area contributed by atoms with Gasteiger partial charge in [0.15, 0.2) is 0 Å². The van der Waals surface area contributed by atoms with E-state index in [1.165, 1.54) is 16.4 Å². The van der Waals surface area contributed by atoms with Gasteiger partial charge in [-0.2, -0.15) is 4.31 Å². The average molecular weight is 388 g/mol. The van der Waals surface area contributed by atoms with Gasteiger partial charge in [0.05, 0.1) is 22.1 Å². The minimum Gasteiger partial charge on any atom is -0.365 e. The number of hydrogen-bond acceptors (Lipinski definition) is 5. The van der Waals surface area contributed by atoms with Crippen LogP contribution in [-0.2, 0) is 16.6 Å². The molecule has 0 aliphatic rings. The van der Waals surface area contributed by atoms with Crippen LogP contribution in [0.15, 0.2) is 53.6 Å². The second kappa shape index (κ2) is 7.98. The Morgan fingerprint density at radius 1 is 1.04 bits per heavy atom. The van der Waals surface area contributed by atoms with Gasteiger partial charge in [-0.05, 0) is 35.9 Å². The van der Waals surface area contributed by atoms with E-state index < -0.39 is 10.0 Å². The molecule has 0 unspecified atom stereocenters. The summed E-state index contributed by atoms with van der Waals surface area (Å²) in [4.78, 5) is 8.99. The lowest BCUT2D eigenvalue weighted by atomic mass is 10.2. The van der Waals surface area contributed by atoms with E-state index in [0.29, 0.717) is 36.5 Å². The van der Waals surface area contributed by atoms with E-state index in [1.54, 1.807) is 50.4 Å². The Morgan fingerprint density at radius 3 is 2.41 bits per heavy atom. The number of sulfonamides is 1. The maximum absolute atomic E-state index is 12.9. The van der Waals surface area contributed by atoms with Gasteiger partial charge in [-0.15, -0.1) is 0 Å². The zero-order chi connectivity index (χ0) is 19.4. The van der Waals surface area contributed by atoms with Gasteiger partial charge in [-0.3, -0.25) is 4.98 Å². The molecule has 1 heterocycles. The molecule has 3 rings (SSSR count). The number of aromatic nitrogens is 2. The zero-order valence-electron chi connectivity index (χ0n) is 15.2. The standard InChI is InChI=1S/C19H21FN4O2S/c1-3-24(4-2)27(25,26)16-9-10-17-18(11-16)21-13-19(23-17)22-12-14-5-7-15(20)8-6-14/h5-11,13H,3-4,12H2,1-2H3,(H,22,23). The Hall–Kier alpha value is -2.58. The van der Waals surface area contributed by atoms with Crippen molar-refractivity contribution < 1.29 is 12.8 Å². The molecule has 1 aromatic heterocycles. The molecule has 1 N–H and O–H groups in total. The molecule has 2 aromatic carbocycles. The van der Waals surface area contributed by atoms with E-state index in [9.17, 15) is 12.8 Å². The van der Waals surface area contributed by atoms with Gasteiger partial charge in [0.2, 0.25) is 10.0 Å². The molecular weight excluding hydrogens is 367 g/mol. The monoisotopic (exact) mass is 388 g/mol. The lowest BCUT2D eigenvalue weighted by molar-refractivity contribution is 0.445. The molecule has 0 bridgehead atoms. The highest BCUT2D eigenvalue weighted by Crippen LogP contribution is 2.21. The molecule has 8 heteroatoms. The number of fused-ring (bicyclic) bond motifs is 1. The summed E-state index contributed by atoms with van der Waals surface area (Å²) >= 11 is 0. The smallest absolute Gasteiger partial charge is 0.243 e. The summed E-state index contributed by atoms with van der Waals surface area (Å²) in [7, 11) is -3.53. The normalized spacial score (nSPS) is 11.9. The van der Waals surface area contributed by atoms with Crippen LogP contribution >= 0.6 is 0 Å². The van der Waals surface area contributed by atoms with Crippen LogP contribution in [-0.4, -0.2) is 35.8 Å². The van der Waals surface area contributed by atoms with E-state index >= 15 is 0 Å². The highest BCUT2D eigenvalue weighted by molar-refractivity contribution is 7.89. The molecule has 0 atom stereocenters. The summed E-state index contributed by atoms with van der Waals surface area (Å²) in [5.74, 6) is 0.283. The predicted molar refractivity (Wildman–Crippen MR) is 103 cm³/mol. The van der Waals surface area contributed by atoms with Crippen molar-refractivity contribution in [2.75, 3.05) is 18.4 Å². The van der Waals surface area contributed by atoms with Crippen LogP contribution in [0.25, 0.3) is 11.0 Å². The average Bonchev–Trinajstić information content (AvgIpc) is 2.67. The number of anilines is 1. The minimum absolute atomic E-state index is 0.208. The number of hydrogen-bond donors (Lipinski definition) is 1. The Kier molecular flexibility index (Phi) is 5.67. The largest absolute Gasteiger partial charge is 0.365 e. The fourth-order valence-corrected chi connectivity index (χ4v) is 4.22. The lowest BCUT2D eigenvalue weighted by Crippen LogP contribution is -2.30. The first-order valence-corrected chi connectivity index (χ1v) is 10.1. The van der Waals surface area contributed by atoms with Crippen molar-refractivity contribution in [1.82, 2.24) is 14.3 Å². The summed E-state index contributed by atoms with van der Waals surface area (Å²) < 4.78 is 39.6. The molecule has 0 saturated heterocycles. The summed E-state index contributed by atoms with van der Waals surface area (Å²) in [6.45, 7) is 4.92. The van der Waals surface area contributed by atoms with Gasteiger partial charge in [-0.25, -0.2) is 17.8 Å². The summed E-state index contributed by atoms with van der Waals surface area (Å²) in [6, 6.07) is 10.9. The van der Waals surface area contributed by atoms with E-state index in [2.05, 4.69) is 15.3 Å². The van der Waals surface area contributed by atoms with Crippen LogP contribution in [0.3, 0.4) is 0 Å². The van der Waals surface area contributed by atoms with Crippen LogP contribution in [0.1, 0.15) is 19.4 Å². The molecule has 0 spiro atoms. The summed E-state index contributed by atoms with van der Waals surface area (Å²) in [5.41, 5.74) is 2.02. The Morgan fingerprint density at radius 2 is 1.74 bits per heavy atom. The summed E-state index contributed by atoms with van der Waals surface area (Å²) in [5, 5.41) is 3.13. The topological polar surface area (TPSA) is 75.2 Å². The van der Waals surface area contributed by atoms with Crippen molar-refractivity contribution in [3.63, 3.8) is 0 Å². The van der Waals surface area contributed by atoms with Gasteiger partial charge in [0.25, 0.3) is 0 Å². The molecule has 0 aliphatic carbocycles. The van der Waals surface area contributed by atoms with Crippen molar-refractivity contribution in [1.29, 1.82) is 0 Å². The molecule has 0 amide bonds. The SMILES string of the molecule is CCN(CC)S(=O)(=O)c1ccc2nc(NCc3ccc(F)cc3)cnc2c1. The van der Waals surface area contributed by atoms with Crippen molar-refractivity contribution in [2.24, 2.45) is 0 Å². The number of benzene rings is 2. The van der Waals surface area contributed by atoms with Gasteiger partial charge in [-0.1, -0.05) is 26.0 Å². The maximum Gasteiger partial charge on any atom is 0.243 e. The third-order valence-corrected chi connectivity index (χ3v) is 6.29. The Bertz CT molecular complexity index is 1040. The van der Waals surface area contributed by atoms with Crippen molar-refractivity contribution in [2.45, 2.75) is 25.3 Å². The fourth-order valence-electron chi connectivity index (χ4n) is 2.74. The van der Waals surface area contributed by atoms with Crippen LogP contribution in [0.2, 0.25) is 0 Å². The molecule has 0 aliphatic heterocycles. The van der Waals surface area contributed by atoms with Gasteiger partial charge in [0.1, 0.15) is 11.6 Å². The highest BCUT2D eigenvalue weighted by atomic mass is 32.2. The third kappa shape index (κ3) is 4.23. The van der Waals surface area contributed by atoms with Gasteiger partial charge in [0, 0.05) is 19.6 Å². The minimum atomic E-state index is -3.53. The van der Waals surface area contributed by atoms with E-state index in [-0.39, 0.29) is 10.7 Å². The molecule has 142 valence electrons. The molecule has 0 fully saturated rings. The zero-order valence-corrected chi connectivity index (χ0v) is 16.0. The molecule has 0 radical (unpaired) electrons. The fraction of sp³-hybridized carbons (Fsp3) is 0.263.